The molecule has 0 unspecified atom stereocenters. The summed E-state index contributed by atoms with van der Waals surface area (Å²) in [6, 6.07) is 14.0. The maximum atomic E-state index is 13.5. The van der Waals surface area contributed by atoms with E-state index in [1.165, 1.54) is 5.56 Å². The highest BCUT2D eigenvalue weighted by Gasteiger charge is 2.37. The molecule has 3 aromatic rings. The summed E-state index contributed by atoms with van der Waals surface area (Å²) in [5, 5.41) is 11.5. The lowest BCUT2D eigenvalue weighted by molar-refractivity contribution is -0.146. The Morgan fingerprint density at radius 3 is 2.34 bits per heavy atom. The van der Waals surface area contributed by atoms with Crippen molar-refractivity contribution in [1.29, 1.82) is 0 Å². The van der Waals surface area contributed by atoms with Crippen LogP contribution in [0.2, 0.25) is 5.02 Å². The average Bonchev–Trinajstić information content (AvgIpc) is 3.54. The van der Waals surface area contributed by atoms with Gasteiger partial charge in [-0.1, -0.05) is 43.6 Å². The molecule has 4 rings (SSSR count). The first-order valence-corrected chi connectivity index (χ1v) is 11.6. The van der Waals surface area contributed by atoms with Crippen molar-refractivity contribution in [1.82, 2.24) is 4.57 Å². The predicted molar refractivity (Wildman–Crippen MR) is 129 cm³/mol. The summed E-state index contributed by atoms with van der Waals surface area (Å²) in [6.07, 6.45) is 2.11. The van der Waals surface area contributed by atoms with Crippen LogP contribution in [0.15, 0.2) is 42.5 Å². The summed E-state index contributed by atoms with van der Waals surface area (Å²) in [7, 11) is 0. The highest BCUT2D eigenvalue weighted by molar-refractivity contribution is 6.30. The lowest BCUT2D eigenvalue weighted by Gasteiger charge is -2.22. The third kappa shape index (κ3) is 4.33. The molecule has 1 aliphatic rings. The van der Waals surface area contributed by atoms with Crippen molar-refractivity contribution >= 4 is 34.3 Å². The number of rotatable bonds is 8. The number of aliphatic carboxylic acids is 1. The molecule has 0 atom stereocenters. The van der Waals surface area contributed by atoms with E-state index in [1.807, 2.05) is 24.3 Å². The first-order valence-electron chi connectivity index (χ1n) is 11.3. The van der Waals surface area contributed by atoms with E-state index < -0.39 is 11.4 Å². The van der Waals surface area contributed by atoms with Gasteiger partial charge in [0.2, 0.25) is 0 Å². The van der Waals surface area contributed by atoms with Gasteiger partial charge in [-0.25, -0.2) is 0 Å². The van der Waals surface area contributed by atoms with Gasteiger partial charge in [-0.15, -0.1) is 0 Å². The van der Waals surface area contributed by atoms with Gasteiger partial charge in [0.25, 0.3) is 0 Å². The maximum Gasteiger partial charge on any atom is 0.309 e. The molecule has 1 aliphatic carbocycles. The fraction of sp³-hybridized carbons (Fsp3) is 0.407. The molecule has 0 radical (unpaired) electrons. The largest absolute Gasteiger partial charge is 0.481 e. The van der Waals surface area contributed by atoms with Gasteiger partial charge in [0.05, 0.1) is 5.41 Å². The highest BCUT2D eigenvalue weighted by Crippen LogP contribution is 2.40. The third-order valence-corrected chi connectivity index (χ3v) is 6.75. The maximum absolute atomic E-state index is 13.5. The van der Waals surface area contributed by atoms with Crippen molar-refractivity contribution in [2.75, 3.05) is 0 Å². The molecular formula is C27H30ClNO3. The molecule has 1 fully saturated rings. The minimum Gasteiger partial charge on any atom is -0.481 e. The summed E-state index contributed by atoms with van der Waals surface area (Å²) < 4.78 is 2.14. The molecule has 5 heteroatoms. The smallest absolute Gasteiger partial charge is 0.309 e. The van der Waals surface area contributed by atoms with E-state index in [0.29, 0.717) is 23.0 Å². The number of carboxylic acid groups (broad SMARTS) is 1. The van der Waals surface area contributed by atoms with Gasteiger partial charge in [0.15, 0.2) is 5.78 Å². The second kappa shape index (κ2) is 8.40. The van der Waals surface area contributed by atoms with Crippen LogP contribution in [0.3, 0.4) is 0 Å². The van der Waals surface area contributed by atoms with Crippen molar-refractivity contribution < 1.29 is 14.7 Å². The molecule has 1 aromatic heterocycles. The summed E-state index contributed by atoms with van der Waals surface area (Å²) in [6.45, 7) is 8.29. The van der Waals surface area contributed by atoms with Crippen molar-refractivity contribution in [3.63, 3.8) is 0 Å². The Hall–Kier alpha value is -2.59. The van der Waals surface area contributed by atoms with E-state index >= 15 is 0 Å². The first-order chi connectivity index (χ1) is 15.1. The number of fused-ring (bicyclic) bond motifs is 1. The highest BCUT2D eigenvalue weighted by atomic mass is 35.5. The number of Topliss-reactive ketones (excluding diaryl/α,β-unsaturated/α-hetero) is 1. The zero-order valence-electron chi connectivity index (χ0n) is 19.1. The van der Waals surface area contributed by atoms with Gasteiger partial charge in [-0.2, -0.15) is 0 Å². The number of halogens is 1. The van der Waals surface area contributed by atoms with Crippen LogP contribution in [-0.4, -0.2) is 21.4 Å². The quantitative estimate of drug-likeness (QED) is 0.387. The minimum absolute atomic E-state index is 0.0546. The first kappa shape index (κ1) is 22.6. The van der Waals surface area contributed by atoms with Gasteiger partial charge >= 0.3 is 5.97 Å². The summed E-state index contributed by atoms with van der Waals surface area (Å²) >= 11 is 6.08. The molecule has 0 bridgehead atoms. The van der Waals surface area contributed by atoms with Crippen LogP contribution in [0, 0.1) is 11.3 Å². The van der Waals surface area contributed by atoms with E-state index in [9.17, 15) is 14.7 Å². The zero-order chi connectivity index (χ0) is 23.2. The molecule has 2 aromatic carbocycles. The van der Waals surface area contributed by atoms with Gasteiger partial charge in [0, 0.05) is 46.1 Å². The van der Waals surface area contributed by atoms with Crippen LogP contribution in [0.4, 0.5) is 0 Å². The fourth-order valence-electron chi connectivity index (χ4n) is 4.24. The number of hydrogen-bond acceptors (Lipinski definition) is 2. The van der Waals surface area contributed by atoms with Crippen molar-refractivity contribution in [2.24, 2.45) is 11.3 Å². The molecule has 1 N–H and O–H groups in total. The van der Waals surface area contributed by atoms with Gasteiger partial charge in [-0.3, -0.25) is 9.59 Å². The monoisotopic (exact) mass is 451 g/mol. The normalized spacial score (nSPS) is 14.3. The molecule has 32 heavy (non-hydrogen) atoms. The van der Waals surface area contributed by atoms with Crippen molar-refractivity contribution in [3.8, 4) is 0 Å². The number of carboxylic acids is 1. The van der Waals surface area contributed by atoms with Crippen molar-refractivity contribution in [3.05, 3.63) is 69.9 Å². The van der Waals surface area contributed by atoms with E-state index in [-0.39, 0.29) is 18.1 Å². The van der Waals surface area contributed by atoms with Gasteiger partial charge < -0.3 is 9.67 Å². The fourth-order valence-corrected chi connectivity index (χ4v) is 4.37. The minimum atomic E-state index is -0.994. The van der Waals surface area contributed by atoms with Crippen LogP contribution < -0.4 is 0 Å². The molecule has 0 aliphatic heterocycles. The van der Waals surface area contributed by atoms with Crippen LogP contribution in [0.1, 0.15) is 73.6 Å². The van der Waals surface area contributed by atoms with Crippen LogP contribution in [-0.2, 0) is 17.8 Å². The number of nitrogens with zero attached hydrogens (tertiary/aromatic N) is 1. The average molecular weight is 452 g/mol. The summed E-state index contributed by atoms with van der Waals surface area (Å²) in [5.74, 6) is -0.323. The van der Waals surface area contributed by atoms with Gasteiger partial charge in [0.1, 0.15) is 0 Å². The number of carbonyl (C=O) groups excluding carboxylic acids is 1. The van der Waals surface area contributed by atoms with Crippen LogP contribution in [0.5, 0.6) is 0 Å². The van der Waals surface area contributed by atoms with Crippen LogP contribution >= 0.6 is 11.6 Å². The molecule has 4 nitrogen and oxygen atoms in total. The number of carbonyl (C=O) groups is 2. The molecular weight excluding hydrogens is 422 g/mol. The number of ketones is 1. The lowest BCUT2D eigenvalue weighted by Crippen LogP contribution is -2.28. The molecule has 0 saturated heterocycles. The zero-order valence-corrected chi connectivity index (χ0v) is 19.9. The number of benzene rings is 2. The van der Waals surface area contributed by atoms with Crippen LogP contribution in [0.25, 0.3) is 10.9 Å². The van der Waals surface area contributed by atoms with E-state index in [4.69, 9.17) is 11.6 Å². The Bertz CT molecular complexity index is 1180. The SMILES string of the molecule is CC(C)c1ccc2c(c1)c(C(=O)C1CC1)c(CC(C)(C)C(=O)O)n2Cc1ccc(Cl)cc1. The topological polar surface area (TPSA) is 59.3 Å². The Morgan fingerprint density at radius 2 is 1.78 bits per heavy atom. The summed E-state index contributed by atoms with van der Waals surface area (Å²) in [5.41, 5.74) is 3.75. The predicted octanol–water partition coefficient (Wildman–Crippen LogP) is 6.71. The Balaban J connectivity index is 1.97. The standard InChI is InChI=1S/C27H30ClNO3/c1-16(2)19-9-12-22-21(13-19)24(25(30)18-7-8-18)23(14-27(3,4)26(31)32)29(22)15-17-5-10-20(28)11-6-17/h5-6,9-13,16,18H,7-8,14-15H2,1-4H3,(H,31,32). The Morgan fingerprint density at radius 1 is 1.12 bits per heavy atom. The molecule has 1 saturated carbocycles. The van der Waals surface area contributed by atoms with Crippen molar-refractivity contribution in [2.45, 2.75) is 59.4 Å². The third-order valence-electron chi connectivity index (χ3n) is 6.50. The Labute approximate surface area is 194 Å². The number of aromatic nitrogens is 1. The van der Waals surface area contributed by atoms with E-state index in [0.717, 1.165) is 35.0 Å². The molecule has 0 amide bonds. The number of hydrogen-bond donors (Lipinski definition) is 1. The molecule has 168 valence electrons. The molecule has 1 heterocycles. The second-order valence-corrected chi connectivity index (χ2v) is 10.4. The molecule has 0 spiro atoms. The Kier molecular flexibility index (Phi) is 5.93. The second-order valence-electron chi connectivity index (χ2n) is 9.97. The van der Waals surface area contributed by atoms with E-state index in [1.54, 1.807) is 13.8 Å². The lowest BCUT2D eigenvalue weighted by atomic mass is 9.85. The van der Waals surface area contributed by atoms with Gasteiger partial charge in [-0.05, 0) is 68.0 Å². The summed E-state index contributed by atoms with van der Waals surface area (Å²) in [4.78, 5) is 25.5. The van der Waals surface area contributed by atoms with E-state index in [2.05, 4.69) is 36.6 Å².